The number of hydrogen-bond acceptors (Lipinski definition) is 4. The van der Waals surface area contributed by atoms with Crippen molar-refractivity contribution >= 4 is 27.3 Å². The van der Waals surface area contributed by atoms with Crippen molar-refractivity contribution < 1.29 is 22.3 Å². The first-order chi connectivity index (χ1) is 18.7. The number of methoxy groups -OCH3 is 1. The Balaban J connectivity index is 1.20. The number of nitrogens with one attached hydrogen (secondary N) is 1. The number of benzene rings is 3. The Kier molecular flexibility index (Phi) is 6.61. The van der Waals surface area contributed by atoms with Crippen molar-refractivity contribution in [2.75, 3.05) is 23.3 Å². The van der Waals surface area contributed by atoms with Gasteiger partial charge in [-0.25, -0.2) is 12.8 Å². The van der Waals surface area contributed by atoms with Gasteiger partial charge < -0.3 is 10.1 Å². The summed E-state index contributed by atoms with van der Waals surface area (Å²) < 4.78 is 46.9. The molecule has 0 aromatic heterocycles. The van der Waals surface area contributed by atoms with Gasteiger partial charge >= 0.3 is 0 Å². The van der Waals surface area contributed by atoms with Crippen molar-refractivity contribution in [3.05, 3.63) is 84.2 Å². The number of amides is 1. The molecule has 204 valence electrons. The van der Waals surface area contributed by atoms with E-state index in [1.165, 1.54) is 87.6 Å². The number of halogens is 1. The Bertz CT molecular complexity index is 1420. The van der Waals surface area contributed by atoms with E-state index in [2.05, 4.69) is 17.4 Å². The van der Waals surface area contributed by atoms with Crippen LogP contribution in [0.2, 0.25) is 0 Å². The lowest BCUT2D eigenvalue weighted by Gasteiger charge is -2.57. The lowest BCUT2D eigenvalue weighted by Crippen LogP contribution is -2.48. The highest BCUT2D eigenvalue weighted by atomic mass is 32.2. The van der Waals surface area contributed by atoms with E-state index in [4.69, 9.17) is 4.74 Å². The van der Waals surface area contributed by atoms with E-state index in [0.717, 1.165) is 22.1 Å². The van der Waals surface area contributed by atoms with Crippen LogP contribution in [0.4, 0.5) is 15.8 Å². The summed E-state index contributed by atoms with van der Waals surface area (Å²) in [7, 11) is -2.62. The molecule has 4 saturated carbocycles. The Labute approximate surface area is 229 Å². The molecule has 0 radical (unpaired) electrons. The molecule has 0 saturated heterocycles. The smallest absolute Gasteiger partial charge is 0.264 e. The summed E-state index contributed by atoms with van der Waals surface area (Å²) in [5.74, 6) is 2.07. The SMILES string of the molecule is COc1ccc(S(=O)(=O)N(CC(=O)Nc2ccc(C34CC5CC(CC(C5)C3)C4)cc2)c2ccc(F)cc2)cc1. The van der Waals surface area contributed by atoms with Gasteiger partial charge in [-0.05, 0) is 128 Å². The van der Waals surface area contributed by atoms with Crippen LogP contribution >= 0.6 is 0 Å². The first-order valence-electron chi connectivity index (χ1n) is 13.6. The Morgan fingerprint density at radius 3 is 2.00 bits per heavy atom. The highest BCUT2D eigenvalue weighted by Crippen LogP contribution is 2.60. The predicted octanol–water partition coefficient (Wildman–Crippen LogP) is 6.14. The fraction of sp³-hybridized carbons (Fsp3) is 0.387. The molecule has 4 aliphatic rings. The van der Waals surface area contributed by atoms with Crippen LogP contribution in [-0.4, -0.2) is 28.0 Å². The average Bonchev–Trinajstić information content (AvgIpc) is 2.92. The summed E-state index contributed by atoms with van der Waals surface area (Å²) in [6.07, 6.45) is 7.95. The molecule has 0 heterocycles. The molecule has 4 fully saturated rings. The van der Waals surface area contributed by atoms with E-state index in [1.807, 2.05) is 12.1 Å². The summed E-state index contributed by atoms with van der Waals surface area (Å²) in [4.78, 5) is 13.1. The van der Waals surface area contributed by atoms with Crippen molar-refractivity contribution in [2.45, 2.75) is 48.8 Å². The highest BCUT2D eigenvalue weighted by molar-refractivity contribution is 7.92. The number of nitrogens with zero attached hydrogens (tertiary/aromatic N) is 1. The van der Waals surface area contributed by atoms with E-state index in [-0.39, 0.29) is 16.0 Å². The third-order valence-electron chi connectivity index (χ3n) is 8.87. The van der Waals surface area contributed by atoms with Crippen LogP contribution < -0.4 is 14.4 Å². The normalized spacial score (nSPS) is 25.3. The van der Waals surface area contributed by atoms with Crippen molar-refractivity contribution in [1.29, 1.82) is 0 Å². The molecule has 7 rings (SSSR count). The molecule has 0 atom stereocenters. The second-order valence-corrected chi connectivity index (χ2v) is 13.3. The molecule has 3 aromatic rings. The molecule has 0 unspecified atom stereocenters. The van der Waals surface area contributed by atoms with Crippen LogP contribution in [0.5, 0.6) is 5.75 Å². The lowest BCUT2D eigenvalue weighted by atomic mass is 9.48. The van der Waals surface area contributed by atoms with Crippen molar-refractivity contribution in [1.82, 2.24) is 0 Å². The van der Waals surface area contributed by atoms with Crippen LogP contribution in [-0.2, 0) is 20.2 Å². The molecular formula is C31H33FN2O4S. The average molecular weight is 549 g/mol. The van der Waals surface area contributed by atoms with Crippen molar-refractivity contribution in [3.63, 3.8) is 0 Å². The topological polar surface area (TPSA) is 75.7 Å². The molecule has 8 heteroatoms. The summed E-state index contributed by atoms with van der Waals surface area (Å²) in [6.45, 7) is -0.462. The molecule has 6 nitrogen and oxygen atoms in total. The molecular weight excluding hydrogens is 515 g/mol. The maximum absolute atomic E-state index is 13.6. The van der Waals surface area contributed by atoms with Gasteiger partial charge in [0, 0.05) is 5.69 Å². The number of rotatable bonds is 8. The Hall–Kier alpha value is -3.39. The van der Waals surface area contributed by atoms with Crippen molar-refractivity contribution in [3.8, 4) is 5.75 Å². The van der Waals surface area contributed by atoms with Gasteiger partial charge in [0.1, 0.15) is 18.1 Å². The molecule has 1 amide bonds. The van der Waals surface area contributed by atoms with E-state index in [1.54, 1.807) is 12.1 Å². The maximum atomic E-state index is 13.6. The van der Waals surface area contributed by atoms with Crippen LogP contribution in [0, 0.1) is 23.6 Å². The first kappa shape index (κ1) is 25.9. The van der Waals surface area contributed by atoms with Gasteiger partial charge in [0.2, 0.25) is 5.91 Å². The van der Waals surface area contributed by atoms with Gasteiger partial charge in [-0.2, -0.15) is 0 Å². The maximum Gasteiger partial charge on any atom is 0.264 e. The lowest BCUT2D eigenvalue weighted by molar-refractivity contribution is -0.114. The standard InChI is InChI=1S/C31H33FN2O4S/c1-38-28-10-12-29(13-11-28)39(36,37)34(27-8-4-25(32)5-9-27)20-30(35)33-26-6-2-24(3-7-26)31-17-21-14-22(18-31)16-23(15-21)19-31/h2-13,21-23H,14-20H2,1H3,(H,33,35). The minimum atomic E-state index is -4.12. The van der Waals surface area contributed by atoms with Crippen LogP contribution in [0.15, 0.2) is 77.7 Å². The Morgan fingerprint density at radius 1 is 0.897 bits per heavy atom. The number of ether oxygens (including phenoxy) is 1. The fourth-order valence-corrected chi connectivity index (χ4v) is 8.92. The van der Waals surface area contributed by atoms with Gasteiger partial charge in [-0.3, -0.25) is 9.10 Å². The number of hydrogen-bond donors (Lipinski definition) is 1. The van der Waals surface area contributed by atoms with E-state index in [9.17, 15) is 17.6 Å². The zero-order valence-electron chi connectivity index (χ0n) is 22.0. The third-order valence-corrected chi connectivity index (χ3v) is 10.7. The number of carbonyl (C=O) groups excluding carboxylic acids is 1. The van der Waals surface area contributed by atoms with Crippen molar-refractivity contribution in [2.24, 2.45) is 17.8 Å². The molecule has 0 aliphatic heterocycles. The quantitative estimate of drug-likeness (QED) is 0.367. The molecule has 4 bridgehead atoms. The van der Waals surface area contributed by atoms with Gasteiger partial charge in [0.25, 0.3) is 10.0 Å². The van der Waals surface area contributed by atoms with Gasteiger partial charge in [-0.1, -0.05) is 12.1 Å². The van der Waals surface area contributed by atoms with E-state index < -0.39 is 28.3 Å². The molecule has 4 aliphatic carbocycles. The first-order valence-corrected chi connectivity index (χ1v) is 15.0. The van der Waals surface area contributed by atoms with E-state index in [0.29, 0.717) is 11.4 Å². The number of anilines is 2. The van der Waals surface area contributed by atoms with Gasteiger partial charge in [0.05, 0.1) is 17.7 Å². The summed E-state index contributed by atoms with van der Waals surface area (Å²) in [6, 6.07) is 19.1. The van der Waals surface area contributed by atoms with Gasteiger partial charge in [0.15, 0.2) is 0 Å². The summed E-state index contributed by atoms with van der Waals surface area (Å²) in [5.41, 5.74) is 2.44. The monoisotopic (exact) mass is 548 g/mol. The fourth-order valence-electron chi connectivity index (χ4n) is 7.50. The third kappa shape index (κ3) is 5.02. The second kappa shape index (κ2) is 9.97. The molecule has 39 heavy (non-hydrogen) atoms. The van der Waals surface area contributed by atoms with E-state index >= 15 is 0 Å². The Morgan fingerprint density at radius 2 is 1.46 bits per heavy atom. The number of sulfonamides is 1. The zero-order chi connectivity index (χ0) is 27.2. The summed E-state index contributed by atoms with van der Waals surface area (Å²) >= 11 is 0. The summed E-state index contributed by atoms with van der Waals surface area (Å²) in [5, 5.41) is 2.86. The highest BCUT2D eigenvalue weighted by Gasteiger charge is 2.51. The van der Waals surface area contributed by atoms with Crippen LogP contribution in [0.1, 0.15) is 44.1 Å². The predicted molar refractivity (Wildman–Crippen MR) is 149 cm³/mol. The number of carbonyl (C=O) groups is 1. The van der Waals surface area contributed by atoms with Crippen LogP contribution in [0.25, 0.3) is 0 Å². The van der Waals surface area contributed by atoms with Gasteiger partial charge in [-0.15, -0.1) is 0 Å². The second-order valence-electron chi connectivity index (χ2n) is 11.5. The molecule has 0 spiro atoms. The van der Waals surface area contributed by atoms with Crippen LogP contribution in [0.3, 0.4) is 0 Å². The molecule has 3 aromatic carbocycles. The largest absolute Gasteiger partial charge is 0.497 e. The zero-order valence-corrected chi connectivity index (χ0v) is 22.8. The minimum Gasteiger partial charge on any atom is -0.497 e. The minimum absolute atomic E-state index is 0.000325. The molecule has 1 N–H and O–H groups in total.